The highest BCUT2D eigenvalue weighted by Gasteiger charge is 2.25. The van der Waals surface area contributed by atoms with Crippen molar-refractivity contribution in [1.29, 1.82) is 0 Å². The fourth-order valence-corrected chi connectivity index (χ4v) is 2.09. The molecular formula is C11H13ClFNO. The molecule has 2 atom stereocenters. The number of rotatable bonds is 2. The van der Waals surface area contributed by atoms with E-state index in [2.05, 4.69) is 5.32 Å². The second kappa shape index (κ2) is 4.37. The molecule has 1 saturated carbocycles. The molecule has 2 rings (SSSR count). The molecule has 1 aliphatic carbocycles. The molecule has 0 radical (unpaired) electrons. The predicted octanol–water partition coefficient (Wildman–Crippen LogP) is 2.80. The van der Waals surface area contributed by atoms with Crippen molar-refractivity contribution in [3.63, 3.8) is 0 Å². The number of hydrogen-bond donors (Lipinski definition) is 2. The molecule has 0 spiro atoms. The molecular weight excluding hydrogens is 217 g/mol. The van der Waals surface area contributed by atoms with Crippen LogP contribution in [0.5, 0.6) is 0 Å². The van der Waals surface area contributed by atoms with Crippen molar-refractivity contribution in [3.05, 3.63) is 29.0 Å². The Bertz CT molecular complexity index is 358. The Labute approximate surface area is 93.1 Å². The van der Waals surface area contributed by atoms with Gasteiger partial charge >= 0.3 is 0 Å². The molecule has 15 heavy (non-hydrogen) atoms. The normalized spacial score (nSPS) is 25.5. The van der Waals surface area contributed by atoms with Gasteiger partial charge in [0.15, 0.2) is 0 Å². The lowest BCUT2D eigenvalue weighted by molar-refractivity contribution is 0.172. The van der Waals surface area contributed by atoms with Gasteiger partial charge in [0, 0.05) is 0 Å². The van der Waals surface area contributed by atoms with Gasteiger partial charge in [-0.25, -0.2) is 4.39 Å². The summed E-state index contributed by atoms with van der Waals surface area (Å²) in [6.45, 7) is 0. The van der Waals surface area contributed by atoms with Crippen molar-refractivity contribution >= 4 is 17.3 Å². The third kappa shape index (κ3) is 2.41. The molecule has 82 valence electrons. The quantitative estimate of drug-likeness (QED) is 0.818. The third-order valence-corrected chi connectivity index (χ3v) is 3.08. The van der Waals surface area contributed by atoms with Crippen molar-refractivity contribution in [3.8, 4) is 0 Å². The minimum absolute atomic E-state index is 0.00991. The molecule has 1 aromatic rings. The van der Waals surface area contributed by atoms with Crippen LogP contribution in [0.4, 0.5) is 10.1 Å². The fourth-order valence-electron chi connectivity index (χ4n) is 1.92. The standard InChI is InChI=1S/C11H13ClFNO/c12-8-5-4-7(13)6-10(8)14-9-2-1-3-11(9)15/h4-6,9,11,14-15H,1-3H2/t9-,11-/m0/s1. The van der Waals surface area contributed by atoms with Crippen LogP contribution in [0.1, 0.15) is 19.3 Å². The summed E-state index contributed by atoms with van der Waals surface area (Å²) in [6, 6.07) is 4.18. The number of halogens is 2. The highest BCUT2D eigenvalue weighted by atomic mass is 35.5. The molecule has 0 unspecified atom stereocenters. The zero-order valence-corrected chi connectivity index (χ0v) is 8.97. The number of anilines is 1. The minimum Gasteiger partial charge on any atom is -0.391 e. The monoisotopic (exact) mass is 229 g/mol. The molecule has 1 aliphatic rings. The maximum atomic E-state index is 13.0. The molecule has 0 amide bonds. The average Bonchev–Trinajstić information content (AvgIpc) is 2.58. The van der Waals surface area contributed by atoms with E-state index in [0.717, 1.165) is 19.3 Å². The predicted molar refractivity (Wildman–Crippen MR) is 58.7 cm³/mol. The van der Waals surface area contributed by atoms with Crippen LogP contribution in [0.3, 0.4) is 0 Å². The van der Waals surface area contributed by atoms with E-state index < -0.39 is 0 Å². The molecule has 0 heterocycles. The first kappa shape index (κ1) is 10.7. The van der Waals surface area contributed by atoms with E-state index in [9.17, 15) is 9.50 Å². The lowest BCUT2D eigenvalue weighted by Crippen LogP contribution is -2.28. The summed E-state index contributed by atoms with van der Waals surface area (Å²) in [6.07, 6.45) is 2.33. The maximum absolute atomic E-state index is 13.0. The van der Waals surface area contributed by atoms with Crippen LogP contribution in [0.25, 0.3) is 0 Å². The van der Waals surface area contributed by atoms with E-state index in [1.165, 1.54) is 18.2 Å². The van der Waals surface area contributed by atoms with E-state index in [-0.39, 0.29) is 18.0 Å². The largest absolute Gasteiger partial charge is 0.391 e. The molecule has 0 aromatic heterocycles. The summed E-state index contributed by atoms with van der Waals surface area (Å²) in [4.78, 5) is 0. The maximum Gasteiger partial charge on any atom is 0.125 e. The van der Waals surface area contributed by atoms with Crippen molar-refractivity contribution in [1.82, 2.24) is 0 Å². The molecule has 1 fully saturated rings. The Morgan fingerprint density at radius 1 is 1.40 bits per heavy atom. The summed E-state index contributed by atoms with van der Waals surface area (Å²) < 4.78 is 13.0. The number of benzene rings is 1. The van der Waals surface area contributed by atoms with E-state index in [0.29, 0.717) is 10.7 Å². The van der Waals surface area contributed by atoms with E-state index in [1.54, 1.807) is 0 Å². The van der Waals surface area contributed by atoms with Gasteiger partial charge in [0.1, 0.15) is 5.82 Å². The Morgan fingerprint density at radius 2 is 2.20 bits per heavy atom. The summed E-state index contributed by atoms with van der Waals surface area (Å²) >= 11 is 5.91. The first-order valence-electron chi connectivity index (χ1n) is 5.06. The van der Waals surface area contributed by atoms with Gasteiger partial charge < -0.3 is 10.4 Å². The molecule has 4 heteroatoms. The Kier molecular flexibility index (Phi) is 3.12. The van der Waals surface area contributed by atoms with Crippen LogP contribution >= 0.6 is 11.6 Å². The Hall–Kier alpha value is -0.800. The van der Waals surface area contributed by atoms with Crippen LogP contribution in [0.15, 0.2) is 18.2 Å². The summed E-state index contributed by atoms with van der Waals surface area (Å²) in [7, 11) is 0. The lowest BCUT2D eigenvalue weighted by Gasteiger charge is -2.18. The Balaban J connectivity index is 2.12. The highest BCUT2D eigenvalue weighted by Crippen LogP contribution is 2.27. The topological polar surface area (TPSA) is 32.3 Å². The smallest absolute Gasteiger partial charge is 0.125 e. The Morgan fingerprint density at radius 3 is 2.87 bits per heavy atom. The number of aliphatic hydroxyl groups excluding tert-OH is 1. The van der Waals surface area contributed by atoms with Gasteiger partial charge in [-0.15, -0.1) is 0 Å². The van der Waals surface area contributed by atoms with Crippen LogP contribution in [0.2, 0.25) is 5.02 Å². The summed E-state index contributed by atoms with van der Waals surface area (Å²) in [5.41, 5.74) is 0.558. The second-order valence-corrected chi connectivity index (χ2v) is 4.28. The van der Waals surface area contributed by atoms with Gasteiger partial charge in [0.25, 0.3) is 0 Å². The molecule has 0 bridgehead atoms. The molecule has 2 nitrogen and oxygen atoms in total. The van der Waals surface area contributed by atoms with E-state index in [1.807, 2.05) is 0 Å². The lowest BCUT2D eigenvalue weighted by atomic mass is 10.2. The van der Waals surface area contributed by atoms with Gasteiger partial charge in [-0.2, -0.15) is 0 Å². The summed E-state index contributed by atoms with van der Waals surface area (Å²) in [5, 5.41) is 13.2. The van der Waals surface area contributed by atoms with Crippen molar-refractivity contribution in [2.24, 2.45) is 0 Å². The zero-order chi connectivity index (χ0) is 10.8. The first-order valence-corrected chi connectivity index (χ1v) is 5.44. The zero-order valence-electron chi connectivity index (χ0n) is 8.21. The van der Waals surface area contributed by atoms with Crippen LogP contribution in [-0.4, -0.2) is 17.3 Å². The number of nitrogens with one attached hydrogen (secondary N) is 1. The SMILES string of the molecule is O[C@H]1CCC[C@@H]1Nc1cc(F)ccc1Cl. The fraction of sp³-hybridized carbons (Fsp3) is 0.455. The van der Waals surface area contributed by atoms with Gasteiger partial charge in [-0.05, 0) is 37.5 Å². The molecule has 0 aliphatic heterocycles. The number of hydrogen-bond acceptors (Lipinski definition) is 2. The molecule has 1 aromatic carbocycles. The van der Waals surface area contributed by atoms with Crippen molar-refractivity contribution in [2.45, 2.75) is 31.4 Å². The van der Waals surface area contributed by atoms with Gasteiger partial charge in [0.2, 0.25) is 0 Å². The van der Waals surface area contributed by atoms with Crippen LogP contribution in [-0.2, 0) is 0 Å². The van der Waals surface area contributed by atoms with Crippen LogP contribution < -0.4 is 5.32 Å². The highest BCUT2D eigenvalue weighted by molar-refractivity contribution is 6.33. The first-order chi connectivity index (χ1) is 7.16. The van der Waals surface area contributed by atoms with Gasteiger partial charge in [-0.1, -0.05) is 11.6 Å². The molecule has 2 N–H and O–H groups in total. The average molecular weight is 230 g/mol. The minimum atomic E-state index is -0.357. The van der Waals surface area contributed by atoms with Gasteiger partial charge in [0.05, 0.1) is 22.9 Å². The van der Waals surface area contributed by atoms with Crippen LogP contribution in [0, 0.1) is 5.82 Å². The second-order valence-electron chi connectivity index (χ2n) is 3.87. The van der Waals surface area contributed by atoms with Crippen molar-refractivity contribution in [2.75, 3.05) is 5.32 Å². The number of aliphatic hydroxyl groups is 1. The molecule has 0 saturated heterocycles. The van der Waals surface area contributed by atoms with Crippen molar-refractivity contribution < 1.29 is 9.50 Å². The third-order valence-electron chi connectivity index (χ3n) is 2.75. The van der Waals surface area contributed by atoms with Gasteiger partial charge in [-0.3, -0.25) is 0 Å². The summed E-state index contributed by atoms with van der Waals surface area (Å²) in [5.74, 6) is -0.325. The van der Waals surface area contributed by atoms with E-state index >= 15 is 0 Å². The van der Waals surface area contributed by atoms with E-state index in [4.69, 9.17) is 11.6 Å².